The summed E-state index contributed by atoms with van der Waals surface area (Å²) in [5.41, 5.74) is 3.26. The minimum Gasteiger partial charge on any atom is -0.388 e. The van der Waals surface area contributed by atoms with Crippen molar-refractivity contribution in [2.75, 3.05) is 17.7 Å². The highest BCUT2D eigenvalue weighted by molar-refractivity contribution is 9.10. The van der Waals surface area contributed by atoms with Crippen LogP contribution in [0.5, 0.6) is 0 Å². The lowest BCUT2D eigenvalue weighted by Gasteiger charge is -2.08. The van der Waals surface area contributed by atoms with Crippen molar-refractivity contribution in [3.8, 4) is 0 Å². The van der Waals surface area contributed by atoms with E-state index in [1.165, 1.54) is 0 Å². The molecule has 3 heteroatoms. The van der Waals surface area contributed by atoms with E-state index in [0.717, 1.165) is 21.5 Å². The molecular formula is C13H13BrN2. The van der Waals surface area contributed by atoms with Crippen LogP contribution in [-0.2, 0) is 0 Å². The van der Waals surface area contributed by atoms with E-state index in [-0.39, 0.29) is 0 Å². The van der Waals surface area contributed by atoms with E-state index in [1.807, 2.05) is 49.5 Å². The standard InChI is InChI=1S/C13H13BrN2/c1-15-12-3-2-4-13(9-12)16-11-7-5-10(14)6-8-11/h2-9,15-16H,1H3. The smallest absolute Gasteiger partial charge is 0.0404 e. The quantitative estimate of drug-likeness (QED) is 0.877. The average molecular weight is 277 g/mol. The van der Waals surface area contributed by atoms with Crippen molar-refractivity contribution in [3.05, 3.63) is 53.0 Å². The second kappa shape index (κ2) is 5.03. The highest BCUT2D eigenvalue weighted by Gasteiger charge is 1.95. The zero-order chi connectivity index (χ0) is 11.4. The summed E-state index contributed by atoms with van der Waals surface area (Å²) in [7, 11) is 1.92. The van der Waals surface area contributed by atoms with Crippen LogP contribution in [0.4, 0.5) is 17.1 Å². The minimum atomic E-state index is 1.08. The Hall–Kier alpha value is -1.48. The summed E-state index contributed by atoms with van der Waals surface area (Å²) >= 11 is 3.42. The predicted octanol–water partition coefficient (Wildman–Crippen LogP) is 4.23. The number of rotatable bonds is 3. The van der Waals surface area contributed by atoms with Crippen molar-refractivity contribution in [3.63, 3.8) is 0 Å². The Balaban J connectivity index is 2.16. The van der Waals surface area contributed by atoms with Gasteiger partial charge in [0.05, 0.1) is 0 Å². The Labute approximate surface area is 104 Å². The van der Waals surface area contributed by atoms with Crippen LogP contribution in [0.15, 0.2) is 53.0 Å². The zero-order valence-electron chi connectivity index (χ0n) is 9.00. The van der Waals surface area contributed by atoms with Gasteiger partial charge in [-0.15, -0.1) is 0 Å². The third-order valence-corrected chi connectivity index (χ3v) is 2.81. The van der Waals surface area contributed by atoms with Gasteiger partial charge in [-0.25, -0.2) is 0 Å². The summed E-state index contributed by atoms with van der Waals surface area (Å²) in [5, 5.41) is 6.46. The minimum absolute atomic E-state index is 1.08. The van der Waals surface area contributed by atoms with Gasteiger partial charge in [-0.3, -0.25) is 0 Å². The molecule has 0 aliphatic rings. The summed E-state index contributed by atoms with van der Waals surface area (Å²) in [6.07, 6.45) is 0. The van der Waals surface area contributed by atoms with E-state index >= 15 is 0 Å². The van der Waals surface area contributed by atoms with Gasteiger partial charge in [-0.2, -0.15) is 0 Å². The topological polar surface area (TPSA) is 24.1 Å². The van der Waals surface area contributed by atoms with Crippen molar-refractivity contribution >= 4 is 33.0 Å². The van der Waals surface area contributed by atoms with E-state index in [0.29, 0.717) is 0 Å². The number of hydrogen-bond donors (Lipinski definition) is 2. The van der Waals surface area contributed by atoms with Gasteiger partial charge in [0.25, 0.3) is 0 Å². The Morgan fingerprint density at radius 3 is 2.25 bits per heavy atom. The number of hydrogen-bond acceptors (Lipinski definition) is 2. The first-order valence-electron chi connectivity index (χ1n) is 5.08. The lowest BCUT2D eigenvalue weighted by molar-refractivity contribution is 1.48. The highest BCUT2D eigenvalue weighted by atomic mass is 79.9. The molecule has 0 aliphatic carbocycles. The molecule has 0 fully saturated rings. The lowest BCUT2D eigenvalue weighted by atomic mass is 10.2. The molecule has 0 spiro atoms. The van der Waals surface area contributed by atoms with Crippen molar-refractivity contribution in [1.82, 2.24) is 0 Å². The van der Waals surface area contributed by atoms with Crippen LogP contribution in [0.25, 0.3) is 0 Å². The van der Waals surface area contributed by atoms with E-state index in [4.69, 9.17) is 0 Å². The lowest BCUT2D eigenvalue weighted by Crippen LogP contribution is -1.92. The second-order valence-corrected chi connectivity index (χ2v) is 4.38. The third kappa shape index (κ3) is 2.76. The molecule has 0 unspecified atom stereocenters. The molecule has 0 aliphatic heterocycles. The molecule has 0 bridgehead atoms. The third-order valence-electron chi connectivity index (χ3n) is 2.28. The number of halogens is 1. The molecule has 2 rings (SSSR count). The van der Waals surface area contributed by atoms with E-state index in [1.54, 1.807) is 0 Å². The molecule has 0 aromatic heterocycles. The highest BCUT2D eigenvalue weighted by Crippen LogP contribution is 2.21. The first-order chi connectivity index (χ1) is 7.78. The molecule has 2 N–H and O–H groups in total. The fourth-order valence-electron chi connectivity index (χ4n) is 1.45. The molecule has 82 valence electrons. The Morgan fingerprint density at radius 1 is 0.875 bits per heavy atom. The Morgan fingerprint density at radius 2 is 1.56 bits per heavy atom. The molecule has 0 radical (unpaired) electrons. The van der Waals surface area contributed by atoms with Crippen LogP contribution in [0.1, 0.15) is 0 Å². The van der Waals surface area contributed by atoms with Crippen LogP contribution in [0.3, 0.4) is 0 Å². The van der Waals surface area contributed by atoms with Crippen LogP contribution in [-0.4, -0.2) is 7.05 Å². The van der Waals surface area contributed by atoms with Gasteiger partial charge in [0.15, 0.2) is 0 Å². The molecule has 2 aromatic carbocycles. The first kappa shape index (κ1) is 11.0. The van der Waals surface area contributed by atoms with Gasteiger partial charge < -0.3 is 10.6 Å². The number of nitrogens with one attached hydrogen (secondary N) is 2. The molecule has 0 amide bonds. The molecule has 0 saturated carbocycles. The second-order valence-electron chi connectivity index (χ2n) is 3.46. The summed E-state index contributed by atoms with van der Waals surface area (Å²) in [5.74, 6) is 0. The van der Waals surface area contributed by atoms with Crippen LogP contribution < -0.4 is 10.6 Å². The molecule has 2 nitrogen and oxygen atoms in total. The normalized spacial score (nSPS) is 9.88. The van der Waals surface area contributed by atoms with Gasteiger partial charge >= 0.3 is 0 Å². The maximum absolute atomic E-state index is 3.42. The number of anilines is 3. The molecule has 2 aromatic rings. The summed E-state index contributed by atoms with van der Waals surface area (Å²) < 4.78 is 1.09. The van der Waals surface area contributed by atoms with Crippen LogP contribution in [0.2, 0.25) is 0 Å². The molecule has 16 heavy (non-hydrogen) atoms. The van der Waals surface area contributed by atoms with Gasteiger partial charge in [0, 0.05) is 28.6 Å². The SMILES string of the molecule is CNc1cccc(Nc2ccc(Br)cc2)c1. The van der Waals surface area contributed by atoms with Gasteiger partial charge in [0.1, 0.15) is 0 Å². The summed E-state index contributed by atoms with van der Waals surface area (Å²) in [4.78, 5) is 0. The largest absolute Gasteiger partial charge is 0.388 e. The number of benzene rings is 2. The van der Waals surface area contributed by atoms with Gasteiger partial charge in [-0.05, 0) is 42.5 Å². The average Bonchev–Trinajstić information content (AvgIpc) is 2.32. The molecule has 0 heterocycles. The molecule has 0 atom stereocenters. The van der Waals surface area contributed by atoms with Gasteiger partial charge in [0.2, 0.25) is 0 Å². The monoisotopic (exact) mass is 276 g/mol. The molecular weight excluding hydrogens is 264 g/mol. The van der Waals surface area contributed by atoms with E-state index in [2.05, 4.69) is 32.6 Å². The van der Waals surface area contributed by atoms with Gasteiger partial charge in [-0.1, -0.05) is 22.0 Å². The fraction of sp³-hybridized carbons (Fsp3) is 0.0769. The maximum Gasteiger partial charge on any atom is 0.0404 e. The van der Waals surface area contributed by atoms with Crippen molar-refractivity contribution in [1.29, 1.82) is 0 Å². The van der Waals surface area contributed by atoms with E-state index < -0.39 is 0 Å². The summed E-state index contributed by atoms with van der Waals surface area (Å²) in [6, 6.07) is 16.3. The van der Waals surface area contributed by atoms with Crippen molar-refractivity contribution in [2.24, 2.45) is 0 Å². The van der Waals surface area contributed by atoms with Crippen molar-refractivity contribution < 1.29 is 0 Å². The maximum atomic E-state index is 3.42. The van der Waals surface area contributed by atoms with E-state index in [9.17, 15) is 0 Å². The zero-order valence-corrected chi connectivity index (χ0v) is 10.6. The molecule has 0 saturated heterocycles. The van der Waals surface area contributed by atoms with Crippen molar-refractivity contribution in [2.45, 2.75) is 0 Å². The Kier molecular flexibility index (Phi) is 3.47. The summed E-state index contributed by atoms with van der Waals surface area (Å²) in [6.45, 7) is 0. The first-order valence-corrected chi connectivity index (χ1v) is 5.87. The Bertz CT molecular complexity index is 466. The van der Waals surface area contributed by atoms with Crippen LogP contribution in [0, 0.1) is 0 Å². The predicted molar refractivity (Wildman–Crippen MR) is 73.4 cm³/mol. The fourth-order valence-corrected chi connectivity index (χ4v) is 1.72. The van der Waals surface area contributed by atoms with Crippen LogP contribution >= 0.6 is 15.9 Å².